The van der Waals surface area contributed by atoms with E-state index < -0.39 is 0 Å². The third kappa shape index (κ3) is 3.43. The lowest BCUT2D eigenvalue weighted by Gasteiger charge is -2.28. The van der Waals surface area contributed by atoms with Gasteiger partial charge in [-0.1, -0.05) is 15.9 Å². The van der Waals surface area contributed by atoms with E-state index in [1.165, 1.54) is 6.07 Å². The maximum atomic E-state index is 10.7. The number of non-ortho nitro benzene ring substituents is 1. The molecule has 0 saturated heterocycles. The summed E-state index contributed by atoms with van der Waals surface area (Å²) in [5, 5.41) is 11.3. The smallest absolute Gasteiger partial charge is 0.269 e. The van der Waals surface area contributed by atoms with Crippen LogP contribution in [0.5, 0.6) is 0 Å². The molecule has 6 heteroatoms. The Labute approximate surface area is 115 Å². The van der Waals surface area contributed by atoms with Gasteiger partial charge in [0, 0.05) is 43.3 Å². The van der Waals surface area contributed by atoms with Crippen molar-refractivity contribution in [3.63, 3.8) is 0 Å². The minimum atomic E-state index is -0.380. The molecule has 1 unspecified atom stereocenters. The van der Waals surface area contributed by atoms with Gasteiger partial charge in [-0.2, -0.15) is 0 Å². The largest absolute Gasteiger partial charge is 0.383 e. The van der Waals surface area contributed by atoms with Crippen molar-refractivity contribution in [2.45, 2.75) is 18.3 Å². The zero-order valence-electron chi connectivity index (χ0n) is 10.7. The predicted octanol–water partition coefficient (Wildman–Crippen LogP) is 2.96. The molecule has 100 valence electrons. The van der Waals surface area contributed by atoms with Gasteiger partial charge in [-0.25, -0.2) is 0 Å². The lowest BCUT2D eigenvalue weighted by Crippen LogP contribution is -2.33. The molecule has 0 amide bonds. The number of nitro groups is 1. The molecule has 1 aromatic carbocycles. The summed E-state index contributed by atoms with van der Waals surface area (Å²) >= 11 is 3.37. The number of ether oxygens (including phenoxy) is 1. The first kappa shape index (κ1) is 14.9. The van der Waals surface area contributed by atoms with Crippen LogP contribution in [-0.2, 0) is 10.1 Å². The Hall–Kier alpha value is -1.14. The number of likely N-dealkylation sites (N-methyl/N-ethyl adjacent to an activating group) is 1. The van der Waals surface area contributed by atoms with E-state index in [0.717, 1.165) is 11.3 Å². The summed E-state index contributed by atoms with van der Waals surface area (Å²) in [4.78, 5) is 12.4. The molecule has 0 saturated carbocycles. The molecular weight excluding hydrogens is 300 g/mol. The average molecular weight is 317 g/mol. The van der Waals surface area contributed by atoms with E-state index in [4.69, 9.17) is 4.74 Å². The van der Waals surface area contributed by atoms with Crippen molar-refractivity contribution < 1.29 is 9.66 Å². The quantitative estimate of drug-likeness (QED) is 0.460. The summed E-state index contributed by atoms with van der Waals surface area (Å²) in [6, 6.07) is 5.10. The lowest BCUT2D eigenvalue weighted by molar-refractivity contribution is -0.384. The first-order chi connectivity index (χ1) is 8.51. The van der Waals surface area contributed by atoms with Crippen molar-refractivity contribution in [1.82, 2.24) is 0 Å². The fraction of sp³-hybridized carbons (Fsp3) is 0.500. The molecule has 0 N–H and O–H groups in total. The van der Waals surface area contributed by atoms with Gasteiger partial charge in [0.15, 0.2) is 0 Å². The fourth-order valence-corrected chi connectivity index (χ4v) is 2.18. The highest BCUT2D eigenvalue weighted by Crippen LogP contribution is 2.27. The number of nitrogens with zero attached hydrogens (tertiary/aromatic N) is 2. The Bertz CT molecular complexity index is 426. The van der Waals surface area contributed by atoms with Gasteiger partial charge in [0.05, 0.1) is 11.5 Å². The van der Waals surface area contributed by atoms with Crippen LogP contribution in [0.1, 0.15) is 12.5 Å². The lowest BCUT2D eigenvalue weighted by atomic mass is 10.1. The van der Waals surface area contributed by atoms with E-state index in [9.17, 15) is 10.1 Å². The second-order valence-corrected chi connectivity index (χ2v) is 4.68. The van der Waals surface area contributed by atoms with E-state index in [0.29, 0.717) is 11.9 Å². The molecule has 0 aliphatic rings. The van der Waals surface area contributed by atoms with Crippen LogP contribution >= 0.6 is 15.9 Å². The Kier molecular flexibility index (Phi) is 5.55. The predicted molar refractivity (Wildman–Crippen MR) is 75.5 cm³/mol. The van der Waals surface area contributed by atoms with Gasteiger partial charge >= 0.3 is 0 Å². The van der Waals surface area contributed by atoms with Gasteiger partial charge in [-0.05, 0) is 18.6 Å². The molecule has 0 bridgehead atoms. The van der Waals surface area contributed by atoms with Crippen LogP contribution in [0, 0.1) is 10.1 Å². The van der Waals surface area contributed by atoms with E-state index in [1.807, 2.05) is 14.0 Å². The van der Waals surface area contributed by atoms with Gasteiger partial charge in [0.2, 0.25) is 0 Å². The highest BCUT2D eigenvalue weighted by atomic mass is 79.9. The van der Waals surface area contributed by atoms with Crippen LogP contribution < -0.4 is 4.90 Å². The summed E-state index contributed by atoms with van der Waals surface area (Å²) in [5.41, 5.74) is 1.98. The van der Waals surface area contributed by atoms with Crippen molar-refractivity contribution in [3.8, 4) is 0 Å². The van der Waals surface area contributed by atoms with Crippen molar-refractivity contribution in [1.29, 1.82) is 0 Å². The van der Waals surface area contributed by atoms with E-state index in [1.54, 1.807) is 19.2 Å². The molecule has 1 rings (SSSR count). The molecule has 1 aromatic rings. The number of methoxy groups -OCH3 is 1. The van der Waals surface area contributed by atoms with Crippen molar-refractivity contribution in [3.05, 3.63) is 33.9 Å². The first-order valence-corrected chi connectivity index (χ1v) is 6.68. The summed E-state index contributed by atoms with van der Waals surface area (Å²) in [7, 11) is 3.61. The second-order valence-electron chi connectivity index (χ2n) is 4.12. The van der Waals surface area contributed by atoms with E-state index in [-0.39, 0.29) is 16.7 Å². The van der Waals surface area contributed by atoms with Crippen molar-refractivity contribution >= 4 is 27.3 Å². The highest BCUT2D eigenvalue weighted by Gasteiger charge is 2.16. The number of alkyl halides is 1. The first-order valence-electron chi connectivity index (χ1n) is 5.56. The number of anilines is 1. The summed E-state index contributed by atoms with van der Waals surface area (Å²) < 4.78 is 5.12. The Morgan fingerprint density at radius 2 is 2.22 bits per heavy atom. The van der Waals surface area contributed by atoms with Crippen molar-refractivity contribution in [2.75, 3.05) is 25.7 Å². The molecule has 1 atom stereocenters. The fourth-order valence-electron chi connectivity index (χ4n) is 1.73. The maximum absolute atomic E-state index is 10.7. The monoisotopic (exact) mass is 316 g/mol. The molecule has 0 aliphatic carbocycles. The SMILES string of the molecule is COCC(C)N(C)c1ccc([N+](=O)[O-])cc1CBr. The van der Waals surface area contributed by atoms with E-state index >= 15 is 0 Å². The molecule has 0 fully saturated rings. The zero-order chi connectivity index (χ0) is 13.7. The van der Waals surface area contributed by atoms with Crippen LogP contribution in [-0.4, -0.2) is 31.7 Å². The van der Waals surface area contributed by atoms with Gasteiger partial charge < -0.3 is 9.64 Å². The third-order valence-corrected chi connectivity index (χ3v) is 3.47. The number of nitro benzene ring substituents is 1. The second kappa shape index (κ2) is 6.70. The molecule has 0 radical (unpaired) electrons. The number of halogens is 1. The van der Waals surface area contributed by atoms with Gasteiger partial charge in [0.25, 0.3) is 5.69 Å². The standard InChI is InChI=1S/C12H17BrN2O3/c1-9(8-18-3)14(2)12-5-4-11(15(16)17)6-10(12)7-13/h4-6,9H,7-8H2,1-3H3. The summed E-state index contributed by atoms with van der Waals surface area (Å²) in [5.74, 6) is 0. The number of hydrogen-bond acceptors (Lipinski definition) is 4. The van der Waals surface area contributed by atoms with Gasteiger partial charge in [0.1, 0.15) is 0 Å². The minimum absolute atomic E-state index is 0.112. The average Bonchev–Trinajstić information content (AvgIpc) is 2.37. The normalized spacial score (nSPS) is 12.2. The molecule has 18 heavy (non-hydrogen) atoms. The third-order valence-electron chi connectivity index (χ3n) is 2.87. The molecular formula is C12H17BrN2O3. The topological polar surface area (TPSA) is 55.6 Å². The minimum Gasteiger partial charge on any atom is -0.383 e. The summed E-state index contributed by atoms with van der Waals surface area (Å²) in [6.45, 7) is 2.65. The van der Waals surface area contributed by atoms with Crippen LogP contribution in [0.4, 0.5) is 11.4 Å². The van der Waals surface area contributed by atoms with Crippen LogP contribution in [0.15, 0.2) is 18.2 Å². The molecule has 0 aliphatic heterocycles. The van der Waals surface area contributed by atoms with E-state index in [2.05, 4.69) is 20.8 Å². The Morgan fingerprint density at radius 3 is 2.72 bits per heavy atom. The summed E-state index contributed by atoms with van der Waals surface area (Å²) in [6.07, 6.45) is 0. The molecule has 0 heterocycles. The molecule has 0 spiro atoms. The van der Waals surface area contributed by atoms with Gasteiger partial charge in [-0.15, -0.1) is 0 Å². The Morgan fingerprint density at radius 1 is 1.56 bits per heavy atom. The number of hydrogen-bond donors (Lipinski definition) is 0. The van der Waals surface area contributed by atoms with Crippen LogP contribution in [0.25, 0.3) is 0 Å². The molecule has 0 aromatic heterocycles. The van der Waals surface area contributed by atoms with Crippen LogP contribution in [0.2, 0.25) is 0 Å². The zero-order valence-corrected chi connectivity index (χ0v) is 12.3. The van der Waals surface area contributed by atoms with Crippen molar-refractivity contribution in [2.24, 2.45) is 0 Å². The Balaban J connectivity index is 3.05. The van der Waals surface area contributed by atoms with Gasteiger partial charge in [-0.3, -0.25) is 10.1 Å². The van der Waals surface area contributed by atoms with Crippen LogP contribution in [0.3, 0.4) is 0 Å². The highest BCUT2D eigenvalue weighted by molar-refractivity contribution is 9.08. The number of benzene rings is 1. The maximum Gasteiger partial charge on any atom is 0.269 e. The molecule has 5 nitrogen and oxygen atoms in total. The number of rotatable bonds is 6.